The van der Waals surface area contributed by atoms with Gasteiger partial charge in [0.2, 0.25) is 0 Å². The van der Waals surface area contributed by atoms with E-state index < -0.39 is 7.12 Å². The van der Waals surface area contributed by atoms with E-state index in [-0.39, 0.29) is 5.78 Å². The Bertz CT molecular complexity index is 366. The molecule has 0 amide bonds. The Labute approximate surface area is 89.1 Å². The number of hydrogen-bond acceptors (Lipinski definition) is 4. The minimum Gasteiger partial charge on any atom is -0.423 e. The Morgan fingerprint density at radius 1 is 1.53 bits per heavy atom. The summed E-state index contributed by atoms with van der Waals surface area (Å²) in [6, 6.07) is 1.59. The molecule has 0 saturated heterocycles. The maximum atomic E-state index is 11.5. The first-order valence-electron chi connectivity index (χ1n) is 4.92. The number of carbonyl (C=O) groups excluding carboxylic acids is 1. The van der Waals surface area contributed by atoms with E-state index in [4.69, 9.17) is 10.0 Å². The van der Waals surface area contributed by atoms with Crippen molar-refractivity contribution in [3.05, 3.63) is 23.5 Å². The van der Waals surface area contributed by atoms with Crippen LogP contribution in [0, 0.1) is 6.92 Å². The molecule has 1 rings (SSSR count). The van der Waals surface area contributed by atoms with Crippen LogP contribution in [0.4, 0.5) is 0 Å². The summed E-state index contributed by atoms with van der Waals surface area (Å²) in [7, 11) is -1.53. The van der Waals surface area contributed by atoms with Crippen LogP contribution in [0.3, 0.4) is 0 Å². The van der Waals surface area contributed by atoms with Gasteiger partial charge in [0, 0.05) is 18.1 Å². The summed E-state index contributed by atoms with van der Waals surface area (Å²) in [5.74, 6) is -0.0143. The van der Waals surface area contributed by atoms with Crippen LogP contribution in [-0.4, -0.2) is 27.9 Å². The summed E-state index contributed by atoms with van der Waals surface area (Å²) in [5, 5.41) is 17.9. The molecule has 0 bridgehead atoms. The highest BCUT2D eigenvalue weighted by atomic mass is 16.4. The predicted molar refractivity (Wildman–Crippen MR) is 58.0 cm³/mol. The van der Waals surface area contributed by atoms with Crippen molar-refractivity contribution < 1.29 is 14.8 Å². The van der Waals surface area contributed by atoms with Crippen molar-refractivity contribution in [2.45, 2.75) is 26.7 Å². The Morgan fingerprint density at radius 2 is 2.20 bits per heavy atom. The second-order valence-electron chi connectivity index (χ2n) is 3.47. The van der Waals surface area contributed by atoms with Crippen LogP contribution in [0.5, 0.6) is 0 Å². The van der Waals surface area contributed by atoms with Crippen molar-refractivity contribution in [3.63, 3.8) is 0 Å². The molecule has 0 unspecified atom stereocenters. The molecule has 15 heavy (non-hydrogen) atoms. The largest absolute Gasteiger partial charge is 0.490 e. The lowest BCUT2D eigenvalue weighted by Gasteiger charge is -2.05. The topological polar surface area (TPSA) is 70.4 Å². The van der Waals surface area contributed by atoms with Gasteiger partial charge in [-0.2, -0.15) is 0 Å². The first-order valence-corrected chi connectivity index (χ1v) is 4.92. The number of Topliss-reactive ketones (excluding diaryl/α,β-unsaturated/α-hetero) is 1. The van der Waals surface area contributed by atoms with E-state index >= 15 is 0 Å². The van der Waals surface area contributed by atoms with E-state index in [0.29, 0.717) is 23.1 Å². The normalized spacial score (nSPS) is 10.1. The van der Waals surface area contributed by atoms with Crippen LogP contribution in [0.15, 0.2) is 12.3 Å². The van der Waals surface area contributed by atoms with E-state index in [9.17, 15) is 4.79 Å². The van der Waals surface area contributed by atoms with Crippen molar-refractivity contribution in [2.75, 3.05) is 0 Å². The molecule has 0 aliphatic rings. The molecule has 80 valence electrons. The molecule has 2 N–H and O–H groups in total. The second kappa shape index (κ2) is 5.05. The lowest BCUT2D eigenvalue weighted by molar-refractivity contribution is 0.0977. The van der Waals surface area contributed by atoms with Gasteiger partial charge in [-0.05, 0) is 25.0 Å². The Kier molecular flexibility index (Phi) is 4.00. The number of ketones is 1. The average molecular weight is 207 g/mol. The van der Waals surface area contributed by atoms with Crippen LogP contribution in [-0.2, 0) is 0 Å². The molecule has 0 aromatic carbocycles. The molecule has 0 saturated carbocycles. The highest BCUT2D eigenvalue weighted by Crippen LogP contribution is 2.04. The molecule has 0 aliphatic carbocycles. The zero-order valence-corrected chi connectivity index (χ0v) is 8.90. The van der Waals surface area contributed by atoms with Gasteiger partial charge < -0.3 is 10.0 Å². The van der Waals surface area contributed by atoms with Crippen LogP contribution in [0.25, 0.3) is 0 Å². The zero-order chi connectivity index (χ0) is 11.4. The van der Waals surface area contributed by atoms with Crippen molar-refractivity contribution in [3.8, 4) is 0 Å². The Hall–Kier alpha value is -1.20. The quantitative estimate of drug-likeness (QED) is 0.540. The highest BCUT2D eigenvalue weighted by molar-refractivity contribution is 6.59. The number of rotatable bonds is 4. The molecule has 5 heteroatoms. The number of carbonyl (C=O) groups is 1. The van der Waals surface area contributed by atoms with Gasteiger partial charge in [0.15, 0.2) is 5.78 Å². The van der Waals surface area contributed by atoms with Crippen LogP contribution in [0.2, 0.25) is 0 Å². The van der Waals surface area contributed by atoms with E-state index in [1.54, 1.807) is 13.0 Å². The van der Waals surface area contributed by atoms with Crippen molar-refractivity contribution in [1.29, 1.82) is 0 Å². The lowest BCUT2D eigenvalue weighted by Crippen LogP contribution is -2.33. The molecule has 0 fully saturated rings. The fourth-order valence-corrected chi connectivity index (χ4v) is 1.34. The van der Waals surface area contributed by atoms with Gasteiger partial charge in [-0.15, -0.1) is 0 Å². The van der Waals surface area contributed by atoms with Crippen molar-refractivity contribution in [2.24, 2.45) is 0 Å². The number of aromatic nitrogens is 1. The van der Waals surface area contributed by atoms with Gasteiger partial charge in [0.25, 0.3) is 0 Å². The fourth-order valence-electron chi connectivity index (χ4n) is 1.34. The van der Waals surface area contributed by atoms with Gasteiger partial charge in [-0.1, -0.05) is 6.92 Å². The minimum atomic E-state index is -1.53. The third-order valence-corrected chi connectivity index (χ3v) is 2.19. The lowest BCUT2D eigenvalue weighted by atomic mass is 9.78. The number of pyridine rings is 1. The van der Waals surface area contributed by atoms with E-state index in [0.717, 1.165) is 6.42 Å². The third-order valence-electron chi connectivity index (χ3n) is 2.19. The van der Waals surface area contributed by atoms with Crippen LogP contribution in [0.1, 0.15) is 35.8 Å². The maximum Gasteiger partial charge on any atom is 0.490 e. The van der Waals surface area contributed by atoms with Gasteiger partial charge >= 0.3 is 7.12 Å². The summed E-state index contributed by atoms with van der Waals surface area (Å²) < 4.78 is 0. The van der Waals surface area contributed by atoms with Crippen LogP contribution >= 0.6 is 0 Å². The molecule has 1 aromatic heterocycles. The molecule has 1 heterocycles. The molecular formula is C10H14BNO3. The summed E-state index contributed by atoms with van der Waals surface area (Å²) in [5.41, 5.74) is 1.39. The summed E-state index contributed by atoms with van der Waals surface area (Å²) in [6.45, 7) is 3.65. The average Bonchev–Trinajstić information content (AvgIpc) is 2.17. The SMILES string of the molecule is CCCC(=O)c1cc(C)c(B(O)O)cn1. The van der Waals surface area contributed by atoms with E-state index in [1.165, 1.54) is 6.20 Å². The van der Waals surface area contributed by atoms with Crippen LogP contribution < -0.4 is 5.46 Å². The predicted octanol–water partition coefficient (Wildman–Crippen LogP) is 0.0526. The number of aryl methyl sites for hydroxylation is 1. The Morgan fingerprint density at radius 3 is 2.67 bits per heavy atom. The number of nitrogens with zero attached hydrogens (tertiary/aromatic N) is 1. The van der Waals surface area contributed by atoms with Gasteiger partial charge in [-0.25, -0.2) is 0 Å². The molecule has 0 aliphatic heterocycles. The molecule has 0 atom stereocenters. The Balaban J connectivity index is 2.96. The highest BCUT2D eigenvalue weighted by Gasteiger charge is 2.16. The standard InChI is InChI=1S/C10H14BNO3/c1-3-4-10(13)9-5-7(2)8(6-12-9)11(14)15/h5-6,14-15H,3-4H2,1-2H3. The third kappa shape index (κ3) is 2.87. The molecule has 4 nitrogen and oxygen atoms in total. The first-order chi connectivity index (χ1) is 7.06. The monoisotopic (exact) mass is 207 g/mol. The smallest absolute Gasteiger partial charge is 0.423 e. The summed E-state index contributed by atoms with van der Waals surface area (Å²) in [6.07, 6.45) is 2.58. The van der Waals surface area contributed by atoms with E-state index in [1.807, 2.05) is 6.92 Å². The van der Waals surface area contributed by atoms with Gasteiger partial charge in [0.1, 0.15) is 5.69 Å². The second-order valence-corrected chi connectivity index (χ2v) is 3.47. The first kappa shape index (κ1) is 11.9. The molecule has 0 radical (unpaired) electrons. The maximum absolute atomic E-state index is 11.5. The van der Waals surface area contributed by atoms with Gasteiger partial charge in [0.05, 0.1) is 0 Å². The summed E-state index contributed by atoms with van der Waals surface area (Å²) in [4.78, 5) is 15.4. The fraction of sp³-hybridized carbons (Fsp3) is 0.400. The summed E-state index contributed by atoms with van der Waals surface area (Å²) >= 11 is 0. The minimum absolute atomic E-state index is 0.0143. The molecular weight excluding hydrogens is 193 g/mol. The zero-order valence-electron chi connectivity index (χ0n) is 8.90. The molecule has 1 aromatic rings. The molecule has 0 spiro atoms. The van der Waals surface area contributed by atoms with Crippen molar-refractivity contribution >= 4 is 18.4 Å². The van der Waals surface area contributed by atoms with Crippen molar-refractivity contribution in [1.82, 2.24) is 4.98 Å². The van der Waals surface area contributed by atoms with E-state index in [2.05, 4.69) is 4.98 Å². The van der Waals surface area contributed by atoms with Gasteiger partial charge in [-0.3, -0.25) is 9.78 Å². The number of hydrogen-bond donors (Lipinski definition) is 2.